The second-order valence-corrected chi connectivity index (χ2v) is 9.66. The van der Waals surface area contributed by atoms with Crippen LogP contribution in [0.25, 0.3) is 0 Å². The van der Waals surface area contributed by atoms with Gasteiger partial charge >= 0.3 is 0 Å². The van der Waals surface area contributed by atoms with Crippen molar-refractivity contribution in [3.8, 4) is 0 Å². The Kier molecular flexibility index (Phi) is 17.3. The zero-order valence-corrected chi connectivity index (χ0v) is 23.8. The van der Waals surface area contributed by atoms with E-state index in [1.165, 1.54) is 6.92 Å². The van der Waals surface area contributed by atoms with Crippen LogP contribution in [-0.2, 0) is 36.9 Å². The van der Waals surface area contributed by atoms with E-state index in [-0.39, 0.29) is 31.4 Å². The topological polar surface area (TPSA) is 194 Å². The van der Waals surface area contributed by atoms with E-state index in [0.29, 0.717) is 45.8 Å². The normalized spacial score (nSPS) is 12.6. The SMILES string of the molecule is CCCc1cn(CCOCCNC(=O)[C@H](CC(=O)NCCNCCN)NC(=O)[C@@H](CC(C)C)NC(C)=O)nn1. The van der Waals surface area contributed by atoms with E-state index in [0.717, 1.165) is 18.5 Å². The fourth-order valence-corrected chi connectivity index (χ4v) is 3.65. The van der Waals surface area contributed by atoms with E-state index in [4.69, 9.17) is 10.5 Å². The molecule has 0 saturated heterocycles. The maximum atomic E-state index is 12.9. The van der Waals surface area contributed by atoms with Gasteiger partial charge in [-0.15, -0.1) is 5.10 Å². The number of aryl methyl sites for hydroxylation is 1. The molecule has 1 heterocycles. The molecule has 39 heavy (non-hydrogen) atoms. The van der Waals surface area contributed by atoms with Crippen LogP contribution in [0, 0.1) is 5.92 Å². The van der Waals surface area contributed by atoms with Crippen LogP contribution in [0.1, 0.15) is 52.7 Å². The minimum absolute atomic E-state index is 0.122. The summed E-state index contributed by atoms with van der Waals surface area (Å²) in [5.41, 5.74) is 6.36. The minimum atomic E-state index is -1.12. The van der Waals surface area contributed by atoms with Crippen molar-refractivity contribution in [3.05, 3.63) is 11.9 Å². The molecule has 0 aliphatic heterocycles. The van der Waals surface area contributed by atoms with Crippen molar-refractivity contribution >= 4 is 23.6 Å². The third-order valence-corrected chi connectivity index (χ3v) is 5.47. The number of ether oxygens (including phenoxy) is 1. The van der Waals surface area contributed by atoms with Crippen molar-refractivity contribution in [3.63, 3.8) is 0 Å². The smallest absolute Gasteiger partial charge is 0.243 e. The number of aromatic nitrogens is 3. The van der Waals surface area contributed by atoms with E-state index in [2.05, 4.69) is 43.8 Å². The third kappa shape index (κ3) is 15.8. The molecule has 0 saturated carbocycles. The van der Waals surface area contributed by atoms with Gasteiger partial charge in [0.05, 0.1) is 31.9 Å². The highest BCUT2D eigenvalue weighted by atomic mass is 16.5. The van der Waals surface area contributed by atoms with E-state index in [1.807, 2.05) is 20.0 Å². The van der Waals surface area contributed by atoms with Gasteiger partial charge in [-0.3, -0.25) is 19.2 Å². The highest BCUT2D eigenvalue weighted by Gasteiger charge is 2.28. The van der Waals surface area contributed by atoms with Gasteiger partial charge in [0.1, 0.15) is 12.1 Å². The molecule has 7 N–H and O–H groups in total. The summed E-state index contributed by atoms with van der Waals surface area (Å²) >= 11 is 0. The number of carbonyl (C=O) groups excluding carboxylic acids is 4. The van der Waals surface area contributed by atoms with Crippen molar-refractivity contribution < 1.29 is 23.9 Å². The van der Waals surface area contributed by atoms with Crippen LogP contribution in [0.5, 0.6) is 0 Å². The predicted molar refractivity (Wildman–Crippen MR) is 146 cm³/mol. The molecule has 0 fully saturated rings. The maximum absolute atomic E-state index is 12.9. The Hall–Kier alpha value is -3.10. The number of nitrogens with one attached hydrogen (secondary N) is 5. The van der Waals surface area contributed by atoms with Crippen molar-refractivity contribution in [2.45, 2.75) is 72.0 Å². The summed E-state index contributed by atoms with van der Waals surface area (Å²) in [5, 5.41) is 21.9. The molecule has 1 rings (SSSR count). The Morgan fingerprint density at radius 3 is 2.44 bits per heavy atom. The van der Waals surface area contributed by atoms with Crippen LogP contribution >= 0.6 is 0 Å². The Morgan fingerprint density at radius 1 is 1.00 bits per heavy atom. The van der Waals surface area contributed by atoms with Gasteiger partial charge in [-0.25, -0.2) is 4.68 Å². The van der Waals surface area contributed by atoms with Gasteiger partial charge in [0.15, 0.2) is 0 Å². The van der Waals surface area contributed by atoms with Crippen molar-refractivity contribution in [2.24, 2.45) is 11.7 Å². The summed E-state index contributed by atoms with van der Waals surface area (Å²) in [6.45, 7) is 10.6. The van der Waals surface area contributed by atoms with Gasteiger partial charge in [-0.05, 0) is 18.8 Å². The zero-order valence-electron chi connectivity index (χ0n) is 23.8. The van der Waals surface area contributed by atoms with Crippen LogP contribution in [0.2, 0.25) is 0 Å². The highest BCUT2D eigenvalue weighted by Crippen LogP contribution is 2.06. The minimum Gasteiger partial charge on any atom is -0.378 e. The van der Waals surface area contributed by atoms with E-state index >= 15 is 0 Å². The number of rotatable bonds is 21. The number of nitrogens with zero attached hydrogens (tertiary/aromatic N) is 3. The summed E-state index contributed by atoms with van der Waals surface area (Å²) in [7, 11) is 0. The molecule has 0 radical (unpaired) electrons. The van der Waals surface area contributed by atoms with Gasteiger partial charge in [0.2, 0.25) is 23.6 Å². The molecule has 0 unspecified atom stereocenters. The first-order valence-electron chi connectivity index (χ1n) is 13.7. The van der Waals surface area contributed by atoms with Crippen molar-refractivity contribution in [1.29, 1.82) is 0 Å². The Morgan fingerprint density at radius 2 is 1.77 bits per heavy atom. The number of nitrogens with two attached hydrogens (primary N) is 1. The maximum Gasteiger partial charge on any atom is 0.243 e. The molecule has 14 nitrogen and oxygen atoms in total. The largest absolute Gasteiger partial charge is 0.378 e. The molecule has 0 spiro atoms. The zero-order chi connectivity index (χ0) is 29.0. The third-order valence-electron chi connectivity index (χ3n) is 5.47. The van der Waals surface area contributed by atoms with E-state index < -0.39 is 29.8 Å². The fraction of sp³-hybridized carbons (Fsp3) is 0.760. The Balaban J connectivity index is 2.62. The molecule has 0 aliphatic carbocycles. The molecule has 2 atom stereocenters. The van der Waals surface area contributed by atoms with Gasteiger partial charge in [0, 0.05) is 45.8 Å². The summed E-state index contributed by atoms with van der Waals surface area (Å²) in [6, 6.07) is -1.94. The fourth-order valence-electron chi connectivity index (χ4n) is 3.65. The number of hydrogen-bond donors (Lipinski definition) is 6. The molecule has 0 bridgehead atoms. The van der Waals surface area contributed by atoms with E-state index in [9.17, 15) is 19.2 Å². The van der Waals surface area contributed by atoms with Gasteiger partial charge in [-0.2, -0.15) is 0 Å². The van der Waals surface area contributed by atoms with Gasteiger partial charge in [-0.1, -0.05) is 32.4 Å². The summed E-state index contributed by atoms with van der Waals surface area (Å²) < 4.78 is 7.29. The molecule has 14 heteroatoms. The van der Waals surface area contributed by atoms with Gasteiger partial charge in [0.25, 0.3) is 0 Å². The molecular weight excluding hydrogens is 506 g/mol. The summed E-state index contributed by atoms with van der Waals surface area (Å²) in [4.78, 5) is 50.0. The first-order chi connectivity index (χ1) is 18.7. The molecule has 0 aliphatic rings. The average molecular weight is 554 g/mol. The van der Waals surface area contributed by atoms with Crippen LogP contribution < -0.4 is 32.3 Å². The average Bonchev–Trinajstić information content (AvgIpc) is 3.31. The quantitative estimate of drug-likeness (QED) is 0.0978. The first-order valence-corrected chi connectivity index (χ1v) is 13.7. The lowest BCUT2D eigenvalue weighted by Gasteiger charge is -2.23. The Bertz CT molecular complexity index is 878. The first kappa shape index (κ1) is 33.9. The lowest BCUT2D eigenvalue weighted by atomic mass is 10.0. The van der Waals surface area contributed by atoms with Crippen LogP contribution in [0.4, 0.5) is 0 Å². The molecule has 222 valence electrons. The van der Waals surface area contributed by atoms with Crippen molar-refractivity contribution in [1.82, 2.24) is 41.6 Å². The monoisotopic (exact) mass is 553 g/mol. The number of amides is 4. The second-order valence-electron chi connectivity index (χ2n) is 9.66. The predicted octanol–water partition coefficient (Wildman–Crippen LogP) is -1.55. The molecule has 0 aromatic carbocycles. The lowest BCUT2D eigenvalue weighted by molar-refractivity contribution is -0.134. The van der Waals surface area contributed by atoms with Crippen LogP contribution in [-0.4, -0.2) is 96.6 Å². The van der Waals surface area contributed by atoms with E-state index in [1.54, 1.807) is 4.68 Å². The van der Waals surface area contributed by atoms with Crippen molar-refractivity contribution in [2.75, 3.05) is 45.9 Å². The lowest BCUT2D eigenvalue weighted by Crippen LogP contribution is -2.55. The van der Waals surface area contributed by atoms with Crippen LogP contribution in [0.3, 0.4) is 0 Å². The highest BCUT2D eigenvalue weighted by molar-refractivity contribution is 5.94. The molecule has 1 aromatic heterocycles. The Labute approximate surface area is 230 Å². The standard InChI is InChI=1S/C25H47N9O5/c1-5-6-20-17-34(33-32-20)12-14-39-13-11-29-24(37)22(16-23(36)28-10-9-27-8-7-26)31-25(38)21(15-18(2)3)30-19(4)35/h17-18,21-22,27H,5-16,26H2,1-4H3,(H,28,36)(H,29,37)(H,30,35)(H,31,38)/t21-,22+/m1/s1. The number of hydrogen-bond acceptors (Lipinski definition) is 9. The molecule has 4 amide bonds. The number of carbonyl (C=O) groups is 4. The van der Waals surface area contributed by atoms with Crippen LogP contribution in [0.15, 0.2) is 6.20 Å². The van der Waals surface area contributed by atoms with Gasteiger partial charge < -0.3 is 37.1 Å². The summed E-state index contributed by atoms with van der Waals surface area (Å²) in [6.07, 6.45) is 3.88. The second kappa shape index (κ2) is 19.9. The summed E-state index contributed by atoms with van der Waals surface area (Å²) in [5.74, 6) is -1.67. The molecule has 1 aromatic rings. The molecular formula is C25H47N9O5.